The number of hydrogen-bond acceptors (Lipinski definition) is 6. The van der Waals surface area contributed by atoms with Crippen molar-refractivity contribution in [2.24, 2.45) is 0 Å². The van der Waals surface area contributed by atoms with Crippen molar-refractivity contribution in [3.8, 4) is 6.07 Å². The zero-order chi connectivity index (χ0) is 21.5. The molecular formula is C19H17Cl2N3O3S3. The number of anilines is 1. The maximum atomic E-state index is 13.0. The van der Waals surface area contributed by atoms with Crippen LogP contribution in [-0.4, -0.2) is 36.8 Å². The summed E-state index contributed by atoms with van der Waals surface area (Å²) >= 11 is 15.3. The van der Waals surface area contributed by atoms with Gasteiger partial charge in [-0.25, -0.2) is 8.42 Å². The summed E-state index contributed by atoms with van der Waals surface area (Å²) in [7, 11) is -3.84. The van der Waals surface area contributed by atoms with E-state index < -0.39 is 15.9 Å². The van der Waals surface area contributed by atoms with Gasteiger partial charge in [0.15, 0.2) is 0 Å². The fourth-order valence-corrected chi connectivity index (χ4v) is 8.45. The van der Waals surface area contributed by atoms with Gasteiger partial charge in [0.1, 0.15) is 16.0 Å². The summed E-state index contributed by atoms with van der Waals surface area (Å²) in [6, 6.07) is 4.69. The molecule has 2 aliphatic rings. The molecule has 30 heavy (non-hydrogen) atoms. The van der Waals surface area contributed by atoms with E-state index in [1.165, 1.54) is 39.5 Å². The Kier molecular flexibility index (Phi) is 6.35. The van der Waals surface area contributed by atoms with Crippen molar-refractivity contribution in [2.45, 2.75) is 30.6 Å². The molecular weight excluding hydrogens is 485 g/mol. The number of sulfonamides is 1. The van der Waals surface area contributed by atoms with Gasteiger partial charge in [0, 0.05) is 17.2 Å². The Balaban J connectivity index is 1.69. The molecule has 1 aliphatic carbocycles. The predicted molar refractivity (Wildman–Crippen MR) is 121 cm³/mol. The number of hydrogen-bond donors (Lipinski definition) is 1. The summed E-state index contributed by atoms with van der Waals surface area (Å²) in [5.74, 6) is 0.478. The van der Waals surface area contributed by atoms with Gasteiger partial charge >= 0.3 is 0 Å². The van der Waals surface area contributed by atoms with E-state index >= 15 is 0 Å². The van der Waals surface area contributed by atoms with Crippen LogP contribution in [0.25, 0.3) is 0 Å². The van der Waals surface area contributed by atoms with E-state index in [0.29, 0.717) is 28.7 Å². The molecule has 0 bridgehead atoms. The van der Waals surface area contributed by atoms with E-state index in [1.54, 1.807) is 0 Å². The first-order valence-electron chi connectivity index (χ1n) is 9.26. The van der Waals surface area contributed by atoms with Crippen LogP contribution in [-0.2, 0) is 22.9 Å². The Morgan fingerprint density at radius 1 is 1.20 bits per heavy atom. The molecule has 2 aromatic rings. The Labute approximate surface area is 193 Å². The van der Waals surface area contributed by atoms with Gasteiger partial charge < -0.3 is 5.32 Å². The number of halogens is 2. The molecule has 1 fully saturated rings. The molecule has 2 heterocycles. The summed E-state index contributed by atoms with van der Waals surface area (Å²) in [6.07, 6.45) is 3.79. The van der Waals surface area contributed by atoms with Gasteiger partial charge in [-0.05, 0) is 43.4 Å². The molecule has 11 heteroatoms. The Bertz CT molecular complexity index is 1170. The summed E-state index contributed by atoms with van der Waals surface area (Å²) in [5.41, 5.74) is 1.48. The molecule has 4 rings (SSSR count). The molecule has 1 aromatic heterocycles. The van der Waals surface area contributed by atoms with Crippen LogP contribution in [0.15, 0.2) is 17.0 Å². The highest BCUT2D eigenvalue weighted by Crippen LogP contribution is 2.38. The van der Waals surface area contributed by atoms with E-state index in [9.17, 15) is 18.5 Å². The number of carbonyl (C=O) groups excluding carboxylic acids is 1. The molecule has 1 amide bonds. The fourth-order valence-electron chi connectivity index (χ4n) is 3.57. The van der Waals surface area contributed by atoms with Crippen LogP contribution >= 0.6 is 46.3 Å². The van der Waals surface area contributed by atoms with Crippen molar-refractivity contribution < 1.29 is 13.2 Å². The normalized spacial score (nSPS) is 16.8. The molecule has 158 valence electrons. The highest BCUT2D eigenvalue weighted by Gasteiger charge is 2.31. The zero-order valence-electron chi connectivity index (χ0n) is 15.7. The van der Waals surface area contributed by atoms with Crippen molar-refractivity contribution in [1.29, 1.82) is 5.26 Å². The van der Waals surface area contributed by atoms with Gasteiger partial charge in [-0.15, -0.1) is 23.1 Å². The Morgan fingerprint density at radius 2 is 1.97 bits per heavy atom. The van der Waals surface area contributed by atoms with Crippen LogP contribution < -0.4 is 5.32 Å². The molecule has 1 aliphatic heterocycles. The predicted octanol–water partition coefficient (Wildman–Crippen LogP) is 4.75. The molecule has 0 atom stereocenters. The van der Waals surface area contributed by atoms with Crippen LogP contribution in [0.4, 0.5) is 5.00 Å². The molecule has 1 saturated heterocycles. The first-order valence-corrected chi connectivity index (χ1v) is 13.4. The van der Waals surface area contributed by atoms with Gasteiger partial charge in [0.05, 0.1) is 27.0 Å². The minimum atomic E-state index is -3.84. The van der Waals surface area contributed by atoms with Crippen molar-refractivity contribution >= 4 is 67.2 Å². The summed E-state index contributed by atoms with van der Waals surface area (Å²) in [5, 5.41) is 12.8. The second-order valence-corrected chi connectivity index (χ2v) is 11.9. The standard InChI is InChI=1S/C19H17Cl2N3O3S3/c20-14-8-15(21)17(30(26,27)24-5-6-28-10-24)7-12(14)18(25)23-19-13(9-22)11-3-1-2-4-16(11)29-19/h7-8H,1-6,10H2,(H,23,25). The van der Waals surface area contributed by atoms with Crippen LogP contribution in [0, 0.1) is 11.3 Å². The number of rotatable bonds is 4. The van der Waals surface area contributed by atoms with Crippen LogP contribution in [0.5, 0.6) is 0 Å². The van der Waals surface area contributed by atoms with Gasteiger partial charge in [0.25, 0.3) is 5.91 Å². The average molecular weight is 502 g/mol. The summed E-state index contributed by atoms with van der Waals surface area (Å²) in [6.45, 7) is 0.389. The minimum absolute atomic E-state index is 0.00162. The SMILES string of the molecule is N#Cc1c(NC(=O)c2cc(S(=O)(=O)N3CCSC3)c(Cl)cc2Cl)sc2c1CCCC2. The first kappa shape index (κ1) is 21.9. The van der Waals surface area contributed by atoms with E-state index in [0.717, 1.165) is 36.1 Å². The van der Waals surface area contributed by atoms with Gasteiger partial charge in [-0.2, -0.15) is 9.57 Å². The largest absolute Gasteiger partial charge is 0.312 e. The topological polar surface area (TPSA) is 90.3 Å². The number of benzene rings is 1. The monoisotopic (exact) mass is 501 g/mol. The first-order chi connectivity index (χ1) is 14.3. The van der Waals surface area contributed by atoms with Crippen LogP contribution in [0.2, 0.25) is 10.0 Å². The van der Waals surface area contributed by atoms with Crippen LogP contribution in [0.3, 0.4) is 0 Å². The maximum Gasteiger partial charge on any atom is 0.257 e. The van der Waals surface area contributed by atoms with E-state index in [1.807, 2.05) is 0 Å². The molecule has 0 unspecified atom stereocenters. The number of amides is 1. The van der Waals surface area contributed by atoms with Gasteiger partial charge in [0.2, 0.25) is 10.0 Å². The van der Waals surface area contributed by atoms with Gasteiger partial charge in [-0.1, -0.05) is 23.2 Å². The maximum absolute atomic E-state index is 13.0. The minimum Gasteiger partial charge on any atom is -0.312 e. The molecule has 6 nitrogen and oxygen atoms in total. The smallest absolute Gasteiger partial charge is 0.257 e. The van der Waals surface area contributed by atoms with E-state index in [4.69, 9.17) is 23.2 Å². The quantitative estimate of drug-likeness (QED) is 0.652. The van der Waals surface area contributed by atoms with Crippen molar-refractivity contribution in [1.82, 2.24) is 4.31 Å². The lowest BCUT2D eigenvalue weighted by Crippen LogP contribution is -2.28. The Hall–Kier alpha value is -1.28. The highest BCUT2D eigenvalue weighted by molar-refractivity contribution is 8.00. The molecule has 1 aromatic carbocycles. The number of nitrogens with one attached hydrogen (secondary N) is 1. The second kappa shape index (κ2) is 8.69. The third-order valence-corrected chi connectivity index (χ3v) is 10.1. The summed E-state index contributed by atoms with van der Waals surface area (Å²) in [4.78, 5) is 13.9. The number of fused-ring (bicyclic) bond motifs is 1. The van der Waals surface area contributed by atoms with E-state index in [2.05, 4.69) is 11.4 Å². The van der Waals surface area contributed by atoms with Crippen molar-refractivity contribution in [3.05, 3.63) is 43.7 Å². The average Bonchev–Trinajstić information content (AvgIpc) is 3.35. The second-order valence-electron chi connectivity index (χ2n) is 6.96. The lowest BCUT2D eigenvalue weighted by molar-refractivity contribution is 0.102. The van der Waals surface area contributed by atoms with Crippen molar-refractivity contribution in [3.63, 3.8) is 0 Å². The lowest BCUT2D eigenvalue weighted by atomic mass is 9.96. The number of nitriles is 1. The van der Waals surface area contributed by atoms with Crippen molar-refractivity contribution in [2.75, 3.05) is 23.5 Å². The van der Waals surface area contributed by atoms with Crippen LogP contribution in [0.1, 0.15) is 39.2 Å². The summed E-state index contributed by atoms with van der Waals surface area (Å²) < 4.78 is 27.2. The number of carbonyl (C=O) groups is 1. The number of nitrogens with zero attached hydrogens (tertiary/aromatic N) is 2. The van der Waals surface area contributed by atoms with E-state index in [-0.39, 0.29) is 20.5 Å². The molecule has 0 saturated carbocycles. The molecule has 0 radical (unpaired) electrons. The number of thiophene rings is 1. The lowest BCUT2D eigenvalue weighted by Gasteiger charge is -2.17. The zero-order valence-corrected chi connectivity index (χ0v) is 19.7. The Morgan fingerprint density at radius 3 is 2.67 bits per heavy atom. The highest BCUT2D eigenvalue weighted by atomic mass is 35.5. The number of aryl methyl sites for hydroxylation is 1. The molecule has 0 spiro atoms. The molecule has 1 N–H and O–H groups in total. The third kappa shape index (κ3) is 3.97. The number of thioether (sulfide) groups is 1. The van der Waals surface area contributed by atoms with Gasteiger partial charge in [-0.3, -0.25) is 4.79 Å². The third-order valence-electron chi connectivity index (χ3n) is 5.11. The fraction of sp³-hybridized carbons (Fsp3) is 0.368.